The molecular weight excluding hydrogens is 480 g/mol. The maximum absolute atomic E-state index is 13.0. The molecule has 0 radical (unpaired) electrons. The zero-order valence-electron chi connectivity index (χ0n) is 23.0. The number of nitrogens with one attached hydrogen (secondary N) is 2. The molecule has 0 aliphatic heterocycles. The first-order valence-corrected chi connectivity index (χ1v) is 15.5. The molecule has 2 aromatic rings. The minimum Gasteiger partial charge on any atom is -0.595 e. The van der Waals surface area contributed by atoms with Crippen molar-refractivity contribution in [1.29, 1.82) is 0 Å². The Kier molecular flexibility index (Phi) is 9.90. The van der Waals surface area contributed by atoms with Crippen molar-refractivity contribution in [3.8, 4) is 0 Å². The smallest absolute Gasteiger partial charge is 0.258 e. The highest BCUT2D eigenvalue weighted by Crippen LogP contribution is 2.46. The summed E-state index contributed by atoms with van der Waals surface area (Å²) in [7, 11) is -2.16. The summed E-state index contributed by atoms with van der Waals surface area (Å²) in [6.45, 7) is 13.8. The maximum atomic E-state index is 13.0. The average Bonchev–Trinajstić information content (AvgIpc) is 2.86. The molecule has 3 N–H and O–H groups in total. The summed E-state index contributed by atoms with van der Waals surface area (Å²) in [6.07, 6.45) is 5.91. The molecule has 2 unspecified atom stereocenters. The lowest BCUT2D eigenvalue weighted by molar-refractivity contribution is -0.991. The SMILES string of the molecule is CC(C)[Si](OC1=C(c2ccccc2)C(NC(=O)/C=C/c2ccc([NH+]([O-])O)cc2)CCC1)(C(C)C)C(C)C. The van der Waals surface area contributed by atoms with E-state index in [0.717, 1.165) is 41.7 Å². The van der Waals surface area contributed by atoms with Crippen molar-refractivity contribution in [1.82, 2.24) is 5.32 Å². The van der Waals surface area contributed by atoms with E-state index in [4.69, 9.17) is 9.63 Å². The van der Waals surface area contributed by atoms with Gasteiger partial charge in [0.05, 0.1) is 11.8 Å². The van der Waals surface area contributed by atoms with Crippen LogP contribution in [0.5, 0.6) is 0 Å². The number of allylic oxidation sites excluding steroid dienone is 1. The molecule has 0 spiro atoms. The minimum atomic E-state index is -2.16. The topological polar surface area (TPSA) is 86.1 Å². The molecule has 0 saturated carbocycles. The van der Waals surface area contributed by atoms with Crippen LogP contribution < -0.4 is 10.5 Å². The lowest BCUT2D eigenvalue weighted by atomic mass is 9.87. The predicted octanol–water partition coefficient (Wildman–Crippen LogP) is 6.38. The second-order valence-corrected chi connectivity index (χ2v) is 16.2. The van der Waals surface area contributed by atoms with Crippen LogP contribution in [0.1, 0.15) is 71.9 Å². The van der Waals surface area contributed by atoms with E-state index >= 15 is 0 Å². The van der Waals surface area contributed by atoms with Crippen LogP contribution in [0.3, 0.4) is 0 Å². The number of quaternary nitrogens is 1. The van der Waals surface area contributed by atoms with Crippen molar-refractivity contribution >= 4 is 31.6 Å². The molecule has 0 saturated heterocycles. The fourth-order valence-electron chi connectivity index (χ4n) is 5.87. The van der Waals surface area contributed by atoms with E-state index in [-0.39, 0.29) is 17.6 Å². The Morgan fingerprint density at radius 2 is 1.62 bits per heavy atom. The van der Waals surface area contributed by atoms with Crippen LogP contribution in [-0.2, 0) is 9.22 Å². The third kappa shape index (κ3) is 6.79. The van der Waals surface area contributed by atoms with E-state index < -0.39 is 13.5 Å². The third-order valence-electron chi connectivity index (χ3n) is 7.54. The van der Waals surface area contributed by atoms with E-state index in [1.165, 1.54) is 18.2 Å². The van der Waals surface area contributed by atoms with Crippen molar-refractivity contribution in [2.24, 2.45) is 0 Å². The van der Waals surface area contributed by atoms with Crippen molar-refractivity contribution in [3.63, 3.8) is 0 Å². The summed E-state index contributed by atoms with van der Waals surface area (Å²) in [4.78, 5) is 13.0. The number of carbonyl (C=O) groups is 1. The lowest BCUT2D eigenvalue weighted by Crippen LogP contribution is -2.99. The van der Waals surface area contributed by atoms with Crippen molar-refractivity contribution < 1.29 is 19.7 Å². The third-order valence-corrected chi connectivity index (χ3v) is 13.6. The highest BCUT2D eigenvalue weighted by atomic mass is 28.4. The van der Waals surface area contributed by atoms with E-state index in [9.17, 15) is 10.0 Å². The van der Waals surface area contributed by atoms with Gasteiger partial charge in [0, 0.05) is 30.2 Å². The van der Waals surface area contributed by atoms with Crippen LogP contribution in [-0.4, -0.2) is 25.5 Å². The van der Waals surface area contributed by atoms with Gasteiger partial charge in [0.15, 0.2) is 5.69 Å². The number of benzene rings is 2. The zero-order chi connectivity index (χ0) is 27.2. The van der Waals surface area contributed by atoms with E-state index in [1.807, 2.05) is 18.2 Å². The average molecular weight is 523 g/mol. The first kappa shape index (κ1) is 28.9. The molecule has 0 heterocycles. The second-order valence-electron chi connectivity index (χ2n) is 10.8. The molecule has 37 heavy (non-hydrogen) atoms. The van der Waals surface area contributed by atoms with Crippen molar-refractivity contribution in [2.45, 2.75) is 83.5 Å². The first-order chi connectivity index (χ1) is 17.6. The Bertz CT molecular complexity index is 1070. The van der Waals surface area contributed by atoms with Gasteiger partial charge in [-0.3, -0.25) is 4.79 Å². The second kappa shape index (κ2) is 12.7. The molecule has 0 fully saturated rings. The summed E-state index contributed by atoms with van der Waals surface area (Å²) in [5, 5.41) is 22.4. The molecule has 2 aromatic carbocycles. The molecule has 1 aliphatic carbocycles. The van der Waals surface area contributed by atoms with Gasteiger partial charge in [-0.2, -0.15) is 5.23 Å². The molecular formula is C30H42N2O4Si. The minimum absolute atomic E-state index is 0.143. The molecule has 6 nitrogen and oxygen atoms in total. The Morgan fingerprint density at radius 1 is 1.03 bits per heavy atom. The monoisotopic (exact) mass is 522 g/mol. The fourth-order valence-corrected chi connectivity index (χ4v) is 11.2. The first-order valence-electron chi connectivity index (χ1n) is 13.4. The molecule has 1 aliphatic rings. The van der Waals surface area contributed by atoms with Gasteiger partial charge in [0.2, 0.25) is 5.91 Å². The quantitative estimate of drug-likeness (QED) is 0.192. The number of hydrogen-bond donors (Lipinski definition) is 3. The van der Waals surface area contributed by atoms with E-state index in [1.54, 1.807) is 18.2 Å². The van der Waals surface area contributed by atoms with Gasteiger partial charge >= 0.3 is 0 Å². The number of rotatable bonds is 10. The van der Waals surface area contributed by atoms with Crippen molar-refractivity contribution in [3.05, 3.63) is 82.8 Å². The molecule has 7 heteroatoms. The molecule has 0 bridgehead atoms. The van der Waals surface area contributed by atoms with Crippen LogP contribution >= 0.6 is 0 Å². The van der Waals surface area contributed by atoms with Gasteiger partial charge in [0.25, 0.3) is 8.32 Å². The Hall–Kier alpha value is -2.71. The molecule has 3 rings (SSSR count). The van der Waals surface area contributed by atoms with Crippen LogP contribution in [0.2, 0.25) is 16.6 Å². The summed E-state index contributed by atoms with van der Waals surface area (Å²) in [6, 6.07) is 16.6. The fraction of sp³-hybridized carbons (Fsp3) is 0.433. The normalized spacial score (nSPS) is 17.6. The summed E-state index contributed by atoms with van der Waals surface area (Å²) in [5.41, 5.74) is 4.56. The molecule has 2 atom stereocenters. The largest absolute Gasteiger partial charge is 0.595 e. The van der Waals surface area contributed by atoms with Gasteiger partial charge in [-0.1, -0.05) is 71.9 Å². The standard InChI is InChI=1S/C30H42N2O4Si/c1-21(2)37(22(3)4,23(5)6)36-28-14-10-13-27(30(28)25-11-8-7-9-12-25)31-29(33)20-17-24-15-18-26(19-16-24)32(34)35/h7-9,11-12,15-23,27,32,34H,10,13-14H2,1-6H3,(H,31,33)/b20-17+. The Balaban J connectivity index is 1.92. The predicted molar refractivity (Wildman–Crippen MR) is 153 cm³/mol. The molecule has 1 amide bonds. The highest BCUT2D eigenvalue weighted by molar-refractivity contribution is 6.78. The Labute approximate surface area is 222 Å². The molecule has 200 valence electrons. The van der Waals surface area contributed by atoms with Gasteiger partial charge in [-0.25, -0.2) is 5.21 Å². The zero-order valence-corrected chi connectivity index (χ0v) is 24.0. The number of amides is 1. The summed E-state index contributed by atoms with van der Waals surface area (Å²) >= 11 is 0. The highest BCUT2D eigenvalue weighted by Gasteiger charge is 2.48. The van der Waals surface area contributed by atoms with Crippen molar-refractivity contribution in [2.75, 3.05) is 0 Å². The van der Waals surface area contributed by atoms with Gasteiger partial charge in [-0.05, 0) is 58.8 Å². The van der Waals surface area contributed by atoms with E-state index in [0.29, 0.717) is 16.6 Å². The van der Waals surface area contributed by atoms with Crippen LogP contribution in [0.15, 0.2) is 66.4 Å². The molecule has 0 aromatic heterocycles. The van der Waals surface area contributed by atoms with E-state index in [2.05, 4.69) is 59.0 Å². The van der Waals surface area contributed by atoms with Crippen LogP contribution in [0.4, 0.5) is 5.69 Å². The number of hydrogen-bond acceptors (Lipinski definition) is 4. The van der Waals surface area contributed by atoms with Crippen LogP contribution in [0.25, 0.3) is 11.6 Å². The van der Waals surface area contributed by atoms with Crippen LogP contribution in [0, 0.1) is 5.21 Å². The lowest BCUT2D eigenvalue weighted by Gasteiger charge is -2.44. The summed E-state index contributed by atoms with van der Waals surface area (Å²) in [5.74, 6) is 0.862. The maximum Gasteiger partial charge on any atom is 0.258 e. The number of carbonyl (C=O) groups excluding carboxylic acids is 1. The Morgan fingerprint density at radius 3 is 2.16 bits per heavy atom. The van der Waals surface area contributed by atoms with Gasteiger partial charge in [-0.15, -0.1) is 0 Å². The van der Waals surface area contributed by atoms with Gasteiger partial charge < -0.3 is 15.0 Å². The summed E-state index contributed by atoms with van der Waals surface area (Å²) < 4.78 is 7.20. The van der Waals surface area contributed by atoms with Gasteiger partial charge in [0.1, 0.15) is 0 Å².